The Morgan fingerprint density at radius 2 is 2.06 bits per heavy atom. The molecule has 0 saturated carbocycles. The molecule has 82 valence electrons. The van der Waals surface area contributed by atoms with Crippen molar-refractivity contribution in [2.75, 3.05) is 5.73 Å². The molecule has 0 aliphatic rings. The van der Waals surface area contributed by atoms with Gasteiger partial charge in [0.1, 0.15) is 5.82 Å². The highest BCUT2D eigenvalue weighted by atomic mass is 16.6. The van der Waals surface area contributed by atoms with Gasteiger partial charge >= 0.3 is 0 Å². The number of nitro benzene ring substituents is 1. The molecule has 0 radical (unpaired) electrons. The number of benzene rings is 1. The highest BCUT2D eigenvalue weighted by Crippen LogP contribution is 2.13. The standard InChI is InChI=1S/C9H9N5O2/c10-9-11-8(12-13-9)5-6-1-3-7(4-2-6)14(15)16/h1-4H,5H2,(H3,10,11,12,13). The minimum Gasteiger partial charge on any atom is -0.367 e. The second-order valence-corrected chi connectivity index (χ2v) is 3.24. The zero-order valence-corrected chi connectivity index (χ0v) is 8.25. The molecule has 0 unspecified atom stereocenters. The van der Waals surface area contributed by atoms with E-state index in [1.54, 1.807) is 12.1 Å². The Morgan fingerprint density at radius 1 is 1.38 bits per heavy atom. The van der Waals surface area contributed by atoms with E-state index in [1.165, 1.54) is 12.1 Å². The summed E-state index contributed by atoms with van der Waals surface area (Å²) in [6.45, 7) is 0. The van der Waals surface area contributed by atoms with Crippen LogP contribution in [0, 0.1) is 10.1 Å². The van der Waals surface area contributed by atoms with Gasteiger partial charge in [-0.1, -0.05) is 12.1 Å². The second-order valence-electron chi connectivity index (χ2n) is 3.24. The smallest absolute Gasteiger partial charge is 0.269 e. The molecular weight excluding hydrogens is 210 g/mol. The number of H-pyrrole nitrogens is 1. The molecule has 0 aliphatic carbocycles. The molecule has 3 N–H and O–H groups in total. The van der Waals surface area contributed by atoms with Gasteiger partial charge < -0.3 is 5.73 Å². The van der Waals surface area contributed by atoms with E-state index in [9.17, 15) is 10.1 Å². The van der Waals surface area contributed by atoms with Crippen LogP contribution < -0.4 is 5.73 Å². The number of rotatable bonds is 3. The zero-order chi connectivity index (χ0) is 11.5. The molecule has 1 heterocycles. The van der Waals surface area contributed by atoms with Crippen molar-refractivity contribution in [3.8, 4) is 0 Å². The fourth-order valence-electron chi connectivity index (χ4n) is 1.32. The second kappa shape index (κ2) is 3.97. The van der Waals surface area contributed by atoms with Gasteiger partial charge in [-0.25, -0.2) is 0 Å². The molecule has 0 atom stereocenters. The van der Waals surface area contributed by atoms with Gasteiger partial charge in [-0.15, -0.1) is 5.10 Å². The maximum absolute atomic E-state index is 10.4. The number of nitrogens with two attached hydrogens (primary N) is 1. The van der Waals surface area contributed by atoms with Crippen molar-refractivity contribution < 1.29 is 4.92 Å². The summed E-state index contributed by atoms with van der Waals surface area (Å²) in [5.41, 5.74) is 6.33. The van der Waals surface area contributed by atoms with E-state index in [4.69, 9.17) is 5.73 Å². The summed E-state index contributed by atoms with van der Waals surface area (Å²) in [4.78, 5) is 13.9. The molecule has 2 rings (SSSR count). The Morgan fingerprint density at radius 3 is 2.56 bits per heavy atom. The van der Waals surface area contributed by atoms with Gasteiger partial charge in [0.05, 0.1) is 4.92 Å². The number of nitrogens with zero attached hydrogens (tertiary/aromatic N) is 3. The summed E-state index contributed by atoms with van der Waals surface area (Å²) in [7, 11) is 0. The molecule has 0 aliphatic heterocycles. The van der Waals surface area contributed by atoms with Crippen molar-refractivity contribution in [3.05, 3.63) is 45.8 Å². The molecule has 1 aromatic carbocycles. The van der Waals surface area contributed by atoms with Gasteiger partial charge in [0.15, 0.2) is 0 Å². The Bertz CT molecular complexity index is 505. The normalized spacial score (nSPS) is 10.2. The summed E-state index contributed by atoms with van der Waals surface area (Å²) in [6.07, 6.45) is 0.516. The molecule has 1 aromatic heterocycles. The average molecular weight is 219 g/mol. The van der Waals surface area contributed by atoms with E-state index in [0.717, 1.165) is 5.56 Å². The van der Waals surface area contributed by atoms with Crippen molar-refractivity contribution in [3.63, 3.8) is 0 Å². The van der Waals surface area contributed by atoms with E-state index in [0.29, 0.717) is 12.2 Å². The fourth-order valence-corrected chi connectivity index (χ4v) is 1.32. The fraction of sp³-hybridized carbons (Fsp3) is 0.111. The first-order valence-electron chi connectivity index (χ1n) is 4.55. The molecular formula is C9H9N5O2. The molecule has 0 amide bonds. The van der Waals surface area contributed by atoms with Gasteiger partial charge in [-0.05, 0) is 5.56 Å². The van der Waals surface area contributed by atoms with E-state index in [2.05, 4.69) is 15.2 Å². The molecule has 7 heteroatoms. The summed E-state index contributed by atoms with van der Waals surface area (Å²) < 4.78 is 0. The zero-order valence-electron chi connectivity index (χ0n) is 8.25. The Labute approximate surface area is 90.5 Å². The van der Waals surface area contributed by atoms with Gasteiger partial charge in [0, 0.05) is 18.6 Å². The van der Waals surface area contributed by atoms with Gasteiger partial charge in [0.2, 0.25) is 5.95 Å². The van der Waals surface area contributed by atoms with E-state index in [1.807, 2.05) is 0 Å². The van der Waals surface area contributed by atoms with Crippen molar-refractivity contribution >= 4 is 11.6 Å². The highest BCUT2D eigenvalue weighted by Gasteiger charge is 2.05. The van der Waals surface area contributed by atoms with E-state index >= 15 is 0 Å². The number of nitro groups is 1. The predicted molar refractivity (Wildman–Crippen MR) is 56.7 cm³/mol. The molecule has 0 saturated heterocycles. The number of nitrogens with one attached hydrogen (secondary N) is 1. The largest absolute Gasteiger partial charge is 0.367 e. The predicted octanol–water partition coefficient (Wildman–Crippen LogP) is 0.886. The Kier molecular flexibility index (Phi) is 2.50. The van der Waals surface area contributed by atoms with Crippen LogP contribution in [-0.4, -0.2) is 20.1 Å². The number of nitrogen functional groups attached to an aromatic ring is 1. The topological polar surface area (TPSA) is 111 Å². The van der Waals surface area contributed by atoms with Crippen LogP contribution in [0.2, 0.25) is 0 Å². The molecule has 16 heavy (non-hydrogen) atoms. The van der Waals surface area contributed by atoms with Crippen molar-refractivity contribution in [1.82, 2.24) is 15.2 Å². The van der Waals surface area contributed by atoms with Crippen molar-refractivity contribution in [1.29, 1.82) is 0 Å². The summed E-state index contributed by atoms with van der Waals surface area (Å²) in [6, 6.07) is 6.26. The highest BCUT2D eigenvalue weighted by molar-refractivity contribution is 5.34. The van der Waals surface area contributed by atoms with Gasteiger partial charge in [-0.3, -0.25) is 15.2 Å². The monoisotopic (exact) mass is 219 g/mol. The molecule has 0 bridgehead atoms. The van der Waals surface area contributed by atoms with Crippen LogP contribution >= 0.6 is 0 Å². The maximum atomic E-state index is 10.4. The minimum absolute atomic E-state index is 0.0702. The lowest BCUT2D eigenvalue weighted by Crippen LogP contribution is -1.93. The van der Waals surface area contributed by atoms with Crippen LogP contribution in [0.3, 0.4) is 0 Å². The van der Waals surface area contributed by atoms with E-state index in [-0.39, 0.29) is 11.6 Å². The molecule has 0 spiro atoms. The first-order chi connectivity index (χ1) is 7.65. The van der Waals surface area contributed by atoms with Crippen LogP contribution in [0.25, 0.3) is 0 Å². The van der Waals surface area contributed by atoms with Crippen LogP contribution in [0.15, 0.2) is 24.3 Å². The maximum Gasteiger partial charge on any atom is 0.269 e. The summed E-state index contributed by atoms with van der Waals surface area (Å²) >= 11 is 0. The Hall–Kier alpha value is -2.44. The van der Waals surface area contributed by atoms with Gasteiger partial charge in [-0.2, -0.15) is 4.98 Å². The lowest BCUT2D eigenvalue weighted by molar-refractivity contribution is -0.384. The van der Waals surface area contributed by atoms with Gasteiger partial charge in [0.25, 0.3) is 5.69 Å². The Balaban J connectivity index is 2.14. The van der Waals surface area contributed by atoms with Crippen LogP contribution in [0.1, 0.15) is 11.4 Å². The first kappa shape index (κ1) is 10.1. The van der Waals surface area contributed by atoms with Crippen LogP contribution in [-0.2, 0) is 6.42 Å². The van der Waals surface area contributed by atoms with Crippen molar-refractivity contribution in [2.45, 2.75) is 6.42 Å². The number of aromatic amines is 1. The minimum atomic E-state index is -0.434. The number of aromatic nitrogens is 3. The average Bonchev–Trinajstić information content (AvgIpc) is 2.65. The molecule has 7 nitrogen and oxygen atoms in total. The lowest BCUT2D eigenvalue weighted by Gasteiger charge is -1.97. The number of non-ortho nitro benzene ring substituents is 1. The number of hydrogen-bond acceptors (Lipinski definition) is 5. The first-order valence-corrected chi connectivity index (χ1v) is 4.55. The van der Waals surface area contributed by atoms with Crippen molar-refractivity contribution in [2.24, 2.45) is 0 Å². The number of hydrogen-bond donors (Lipinski definition) is 2. The van der Waals surface area contributed by atoms with E-state index < -0.39 is 4.92 Å². The third-order valence-electron chi connectivity index (χ3n) is 2.07. The summed E-state index contributed by atoms with van der Waals surface area (Å²) in [5, 5.41) is 16.8. The van der Waals surface area contributed by atoms with Crippen LogP contribution in [0.5, 0.6) is 0 Å². The molecule has 2 aromatic rings. The number of anilines is 1. The molecule has 0 fully saturated rings. The lowest BCUT2D eigenvalue weighted by atomic mass is 10.1. The summed E-state index contributed by atoms with van der Waals surface area (Å²) in [5.74, 6) is 0.822. The third-order valence-corrected chi connectivity index (χ3v) is 2.07. The quantitative estimate of drug-likeness (QED) is 0.588. The third kappa shape index (κ3) is 2.14. The SMILES string of the molecule is Nc1n[nH]c(Cc2ccc([N+](=O)[O-])cc2)n1. The van der Waals surface area contributed by atoms with Crippen LogP contribution in [0.4, 0.5) is 11.6 Å².